The smallest absolute Gasteiger partial charge is 0.254 e. The van der Waals surface area contributed by atoms with Crippen LogP contribution in [0.15, 0.2) is 48.5 Å². The number of hydrogen-bond donors (Lipinski definition) is 1. The second kappa shape index (κ2) is 7.04. The lowest BCUT2D eigenvalue weighted by molar-refractivity contribution is -0.116. The Labute approximate surface area is 132 Å². The number of hydrogen-bond acceptors (Lipinski definition) is 2. The van der Waals surface area contributed by atoms with Crippen LogP contribution in [0, 0.1) is 5.82 Å². The van der Waals surface area contributed by atoms with Crippen LogP contribution in [0.5, 0.6) is 0 Å². The van der Waals surface area contributed by atoms with Crippen molar-refractivity contribution < 1.29 is 14.0 Å². The topological polar surface area (TPSA) is 49.4 Å². The molecular weight excluding hydrogens is 307 g/mol. The van der Waals surface area contributed by atoms with Crippen LogP contribution in [0.2, 0.25) is 5.02 Å². The van der Waals surface area contributed by atoms with E-state index in [0.717, 1.165) is 0 Å². The minimum atomic E-state index is -0.443. The molecule has 2 amide bonds. The van der Waals surface area contributed by atoms with Gasteiger partial charge in [-0.05, 0) is 36.4 Å². The fraction of sp³-hybridized carbons (Fsp3) is 0.125. The van der Waals surface area contributed by atoms with Gasteiger partial charge in [-0.2, -0.15) is 0 Å². The second-order valence-corrected chi connectivity index (χ2v) is 5.17. The first kappa shape index (κ1) is 16.0. The maximum Gasteiger partial charge on any atom is 0.254 e. The van der Waals surface area contributed by atoms with Crippen LogP contribution >= 0.6 is 11.6 Å². The maximum absolute atomic E-state index is 13.0. The molecule has 0 unspecified atom stereocenters. The Morgan fingerprint density at radius 2 is 1.91 bits per heavy atom. The van der Waals surface area contributed by atoms with Gasteiger partial charge in [-0.15, -0.1) is 0 Å². The quantitative estimate of drug-likeness (QED) is 0.940. The van der Waals surface area contributed by atoms with Gasteiger partial charge < -0.3 is 10.2 Å². The third-order valence-electron chi connectivity index (χ3n) is 2.91. The number of anilines is 1. The number of likely N-dealkylation sites (N-methyl/N-ethyl adjacent to an activating group) is 1. The van der Waals surface area contributed by atoms with Crippen molar-refractivity contribution in [3.05, 3.63) is 64.9 Å². The predicted molar refractivity (Wildman–Crippen MR) is 83.4 cm³/mol. The van der Waals surface area contributed by atoms with Crippen LogP contribution in [0.4, 0.5) is 10.1 Å². The summed E-state index contributed by atoms with van der Waals surface area (Å²) in [6, 6.07) is 12.0. The van der Waals surface area contributed by atoms with Gasteiger partial charge in [-0.3, -0.25) is 9.59 Å². The van der Waals surface area contributed by atoms with Crippen molar-refractivity contribution in [1.82, 2.24) is 4.90 Å². The van der Waals surface area contributed by atoms with Crippen LogP contribution in [-0.4, -0.2) is 30.3 Å². The summed E-state index contributed by atoms with van der Waals surface area (Å²) in [5, 5.41) is 2.98. The SMILES string of the molecule is CN(CC(=O)Nc1cccc(F)c1)C(=O)c1cccc(Cl)c1. The fourth-order valence-corrected chi connectivity index (χ4v) is 2.09. The van der Waals surface area contributed by atoms with Crippen molar-refractivity contribution in [1.29, 1.82) is 0 Å². The van der Waals surface area contributed by atoms with Gasteiger partial charge >= 0.3 is 0 Å². The minimum absolute atomic E-state index is 0.151. The zero-order chi connectivity index (χ0) is 16.1. The first-order valence-corrected chi connectivity index (χ1v) is 6.90. The molecule has 2 rings (SSSR count). The lowest BCUT2D eigenvalue weighted by Crippen LogP contribution is -2.34. The average molecular weight is 321 g/mol. The Morgan fingerprint density at radius 1 is 1.18 bits per heavy atom. The number of nitrogens with zero attached hydrogens (tertiary/aromatic N) is 1. The molecule has 0 saturated heterocycles. The van der Waals surface area contributed by atoms with Gasteiger partial charge in [0, 0.05) is 23.3 Å². The molecule has 0 aliphatic rings. The average Bonchev–Trinajstić information content (AvgIpc) is 2.46. The van der Waals surface area contributed by atoms with Gasteiger partial charge in [0.15, 0.2) is 0 Å². The predicted octanol–water partition coefficient (Wildman–Crippen LogP) is 3.19. The molecule has 2 aromatic carbocycles. The van der Waals surface area contributed by atoms with E-state index in [1.165, 1.54) is 36.2 Å². The van der Waals surface area contributed by atoms with Gasteiger partial charge in [-0.25, -0.2) is 4.39 Å². The molecule has 0 heterocycles. The molecule has 0 atom stereocenters. The van der Waals surface area contributed by atoms with Crippen LogP contribution in [0.3, 0.4) is 0 Å². The third-order valence-corrected chi connectivity index (χ3v) is 3.14. The summed E-state index contributed by atoms with van der Waals surface area (Å²) in [7, 11) is 1.51. The Morgan fingerprint density at radius 3 is 2.59 bits per heavy atom. The normalized spacial score (nSPS) is 10.1. The molecule has 0 aromatic heterocycles. The van der Waals surface area contributed by atoms with Crippen LogP contribution in [-0.2, 0) is 4.79 Å². The highest BCUT2D eigenvalue weighted by Gasteiger charge is 2.15. The number of carbonyl (C=O) groups is 2. The van der Waals surface area contributed by atoms with Crippen molar-refractivity contribution in [3.63, 3.8) is 0 Å². The van der Waals surface area contributed by atoms with E-state index in [2.05, 4.69) is 5.32 Å². The summed E-state index contributed by atoms with van der Waals surface area (Å²) in [6.07, 6.45) is 0. The van der Waals surface area contributed by atoms with Gasteiger partial charge in [0.05, 0.1) is 6.54 Å². The molecule has 0 aliphatic carbocycles. The molecule has 0 aliphatic heterocycles. The maximum atomic E-state index is 13.0. The molecule has 2 aromatic rings. The minimum Gasteiger partial charge on any atom is -0.332 e. The van der Waals surface area contributed by atoms with E-state index in [9.17, 15) is 14.0 Å². The zero-order valence-electron chi connectivity index (χ0n) is 11.8. The largest absolute Gasteiger partial charge is 0.332 e. The van der Waals surface area contributed by atoms with Gasteiger partial charge in [-0.1, -0.05) is 23.7 Å². The third kappa shape index (κ3) is 4.30. The molecule has 0 radical (unpaired) electrons. The van der Waals surface area contributed by atoms with Crippen molar-refractivity contribution >= 4 is 29.1 Å². The monoisotopic (exact) mass is 320 g/mol. The van der Waals surface area contributed by atoms with Gasteiger partial charge in [0.2, 0.25) is 5.91 Å². The van der Waals surface area contributed by atoms with Crippen LogP contribution < -0.4 is 5.32 Å². The molecule has 0 saturated carbocycles. The summed E-state index contributed by atoms with van der Waals surface area (Å²) in [4.78, 5) is 25.3. The summed E-state index contributed by atoms with van der Waals surface area (Å²) in [6.45, 7) is -0.151. The Kier molecular flexibility index (Phi) is 5.12. The highest BCUT2D eigenvalue weighted by molar-refractivity contribution is 6.31. The lowest BCUT2D eigenvalue weighted by atomic mass is 10.2. The Balaban J connectivity index is 1.97. The number of amides is 2. The number of benzene rings is 2. The van der Waals surface area contributed by atoms with Gasteiger partial charge in [0.1, 0.15) is 5.82 Å². The van der Waals surface area contributed by atoms with Crippen molar-refractivity contribution in [2.24, 2.45) is 0 Å². The van der Waals surface area contributed by atoms with Crippen molar-refractivity contribution in [2.45, 2.75) is 0 Å². The van der Waals surface area contributed by atoms with E-state index in [4.69, 9.17) is 11.6 Å². The molecule has 0 fully saturated rings. The van der Waals surface area contributed by atoms with E-state index in [1.807, 2.05) is 0 Å². The molecule has 0 bridgehead atoms. The number of rotatable bonds is 4. The fourth-order valence-electron chi connectivity index (χ4n) is 1.90. The highest BCUT2D eigenvalue weighted by Crippen LogP contribution is 2.13. The molecule has 4 nitrogen and oxygen atoms in total. The standard InChI is InChI=1S/C16H14ClFN2O2/c1-20(16(22)11-4-2-5-12(17)8-11)10-15(21)19-14-7-3-6-13(18)9-14/h2-9H,10H2,1H3,(H,19,21). The molecule has 0 spiro atoms. The zero-order valence-corrected chi connectivity index (χ0v) is 12.6. The van der Waals surface area contributed by atoms with E-state index in [-0.39, 0.29) is 12.5 Å². The van der Waals surface area contributed by atoms with Gasteiger partial charge in [0.25, 0.3) is 5.91 Å². The highest BCUT2D eigenvalue weighted by atomic mass is 35.5. The van der Waals surface area contributed by atoms with Crippen LogP contribution in [0.1, 0.15) is 10.4 Å². The molecule has 22 heavy (non-hydrogen) atoms. The Hall–Kier alpha value is -2.40. The second-order valence-electron chi connectivity index (χ2n) is 4.73. The molecule has 1 N–H and O–H groups in total. The first-order valence-electron chi connectivity index (χ1n) is 6.52. The van der Waals surface area contributed by atoms with E-state index < -0.39 is 11.7 Å². The van der Waals surface area contributed by atoms with Crippen LogP contribution in [0.25, 0.3) is 0 Å². The summed E-state index contributed by atoms with van der Waals surface area (Å²) in [5.41, 5.74) is 0.738. The number of halogens is 2. The summed E-state index contributed by atoms with van der Waals surface area (Å²) >= 11 is 5.84. The van der Waals surface area contributed by atoms with E-state index in [0.29, 0.717) is 16.3 Å². The number of carbonyl (C=O) groups excluding carboxylic acids is 2. The molecular formula is C16H14ClFN2O2. The van der Waals surface area contributed by atoms with Crippen molar-refractivity contribution in [2.75, 3.05) is 18.9 Å². The number of nitrogens with one attached hydrogen (secondary N) is 1. The Bertz CT molecular complexity index is 706. The summed E-state index contributed by atoms with van der Waals surface area (Å²) in [5.74, 6) is -1.18. The lowest BCUT2D eigenvalue weighted by Gasteiger charge is -2.17. The summed E-state index contributed by atoms with van der Waals surface area (Å²) < 4.78 is 13.0. The first-order chi connectivity index (χ1) is 10.5. The molecule has 114 valence electrons. The van der Waals surface area contributed by atoms with Crippen molar-refractivity contribution in [3.8, 4) is 0 Å². The van der Waals surface area contributed by atoms with E-state index in [1.54, 1.807) is 24.3 Å². The molecule has 6 heteroatoms. The van der Waals surface area contributed by atoms with E-state index >= 15 is 0 Å².